The second-order valence-corrected chi connectivity index (χ2v) is 5.05. The highest BCUT2D eigenvalue weighted by Gasteiger charge is 2.34. The molecule has 0 aliphatic heterocycles. The van der Waals surface area contributed by atoms with E-state index in [1.165, 1.54) is 30.1 Å². The number of nitrogens with two attached hydrogens (primary N) is 1. The Hall–Kier alpha value is -1.76. The number of halogens is 3. The molecule has 0 aromatic heterocycles. The van der Waals surface area contributed by atoms with E-state index < -0.39 is 23.3 Å². The second-order valence-electron chi connectivity index (χ2n) is 5.05. The van der Waals surface area contributed by atoms with Crippen LogP contribution in [0.25, 0.3) is 0 Å². The number of carbonyl (C=O) groups excluding carboxylic acids is 1. The SMILES string of the molecule is CN(C(=O)Nc1ccccc1C(F)(F)F)C(C)(C)CN. The maximum Gasteiger partial charge on any atom is 0.418 e. The average Bonchev–Trinajstić information content (AvgIpc) is 2.37. The molecular formula is C13H18F3N3O. The molecule has 0 spiro atoms. The van der Waals surface area contributed by atoms with E-state index in [4.69, 9.17) is 5.73 Å². The predicted octanol–water partition coefficient (Wildman–Crippen LogP) is 2.91. The maximum absolute atomic E-state index is 12.8. The molecule has 0 saturated heterocycles. The van der Waals surface area contributed by atoms with Gasteiger partial charge >= 0.3 is 12.2 Å². The van der Waals surface area contributed by atoms with Crippen molar-refractivity contribution in [3.05, 3.63) is 29.8 Å². The summed E-state index contributed by atoms with van der Waals surface area (Å²) in [5.41, 5.74) is 3.72. The van der Waals surface area contributed by atoms with Gasteiger partial charge in [0.05, 0.1) is 16.8 Å². The van der Waals surface area contributed by atoms with Crippen molar-refractivity contribution in [2.75, 3.05) is 18.9 Å². The van der Waals surface area contributed by atoms with Crippen LogP contribution in [-0.4, -0.2) is 30.1 Å². The number of anilines is 1. The van der Waals surface area contributed by atoms with Crippen LogP contribution < -0.4 is 11.1 Å². The summed E-state index contributed by atoms with van der Waals surface area (Å²) < 4.78 is 38.4. The monoisotopic (exact) mass is 289 g/mol. The lowest BCUT2D eigenvalue weighted by Gasteiger charge is -2.34. The van der Waals surface area contributed by atoms with Gasteiger partial charge in [-0.25, -0.2) is 4.79 Å². The van der Waals surface area contributed by atoms with Crippen molar-refractivity contribution in [2.24, 2.45) is 5.73 Å². The Morgan fingerprint density at radius 3 is 2.35 bits per heavy atom. The van der Waals surface area contributed by atoms with Crippen molar-refractivity contribution in [3.63, 3.8) is 0 Å². The Morgan fingerprint density at radius 2 is 1.85 bits per heavy atom. The van der Waals surface area contributed by atoms with Crippen molar-refractivity contribution in [1.82, 2.24) is 4.90 Å². The number of amides is 2. The molecule has 0 aliphatic rings. The van der Waals surface area contributed by atoms with Gasteiger partial charge in [0.2, 0.25) is 0 Å². The van der Waals surface area contributed by atoms with Gasteiger partial charge in [0.25, 0.3) is 0 Å². The summed E-state index contributed by atoms with van der Waals surface area (Å²) in [6.45, 7) is 3.64. The normalized spacial score (nSPS) is 12.2. The van der Waals surface area contributed by atoms with Crippen molar-refractivity contribution < 1.29 is 18.0 Å². The lowest BCUT2D eigenvalue weighted by Crippen LogP contribution is -2.51. The minimum Gasteiger partial charge on any atom is -0.328 e. The maximum atomic E-state index is 12.8. The third kappa shape index (κ3) is 3.63. The zero-order chi connectivity index (χ0) is 15.6. The zero-order valence-electron chi connectivity index (χ0n) is 11.6. The third-order valence-electron chi connectivity index (χ3n) is 3.19. The summed E-state index contributed by atoms with van der Waals surface area (Å²) in [5, 5.41) is 2.27. The summed E-state index contributed by atoms with van der Waals surface area (Å²) in [6, 6.07) is 4.19. The Bertz CT molecular complexity index is 486. The van der Waals surface area contributed by atoms with E-state index in [9.17, 15) is 18.0 Å². The van der Waals surface area contributed by atoms with Crippen LogP contribution in [-0.2, 0) is 6.18 Å². The molecular weight excluding hydrogens is 271 g/mol. The molecule has 1 aromatic rings. The molecule has 1 aromatic carbocycles. The number of para-hydroxylation sites is 1. The first-order chi connectivity index (χ1) is 9.09. The van der Waals surface area contributed by atoms with Crippen LogP contribution in [0.4, 0.5) is 23.7 Å². The van der Waals surface area contributed by atoms with Gasteiger partial charge in [-0.05, 0) is 26.0 Å². The number of benzene rings is 1. The molecule has 0 aliphatic carbocycles. The van der Waals surface area contributed by atoms with Crippen LogP contribution in [0.15, 0.2) is 24.3 Å². The Morgan fingerprint density at radius 1 is 1.30 bits per heavy atom. The van der Waals surface area contributed by atoms with Crippen molar-refractivity contribution >= 4 is 11.7 Å². The van der Waals surface area contributed by atoms with Crippen LogP contribution in [0.5, 0.6) is 0 Å². The molecule has 2 amide bonds. The minimum absolute atomic E-state index is 0.192. The molecule has 112 valence electrons. The van der Waals surface area contributed by atoms with E-state index in [1.807, 2.05) is 0 Å². The molecule has 0 atom stereocenters. The highest BCUT2D eigenvalue weighted by molar-refractivity contribution is 5.90. The van der Waals surface area contributed by atoms with Gasteiger partial charge < -0.3 is 16.0 Å². The Balaban J connectivity index is 2.98. The molecule has 0 radical (unpaired) electrons. The number of nitrogens with one attached hydrogen (secondary N) is 1. The number of alkyl halides is 3. The minimum atomic E-state index is -4.52. The lowest BCUT2D eigenvalue weighted by atomic mass is 10.0. The fraction of sp³-hybridized carbons (Fsp3) is 0.462. The number of urea groups is 1. The fourth-order valence-corrected chi connectivity index (χ4v) is 1.45. The van der Waals surface area contributed by atoms with Gasteiger partial charge in [0.15, 0.2) is 0 Å². The smallest absolute Gasteiger partial charge is 0.328 e. The molecule has 1 rings (SSSR count). The molecule has 3 N–H and O–H groups in total. The van der Waals surface area contributed by atoms with E-state index in [1.54, 1.807) is 13.8 Å². The van der Waals surface area contributed by atoms with Crippen LogP contribution in [0.3, 0.4) is 0 Å². The van der Waals surface area contributed by atoms with E-state index in [-0.39, 0.29) is 12.2 Å². The van der Waals surface area contributed by atoms with E-state index >= 15 is 0 Å². The molecule has 0 heterocycles. The first-order valence-electron chi connectivity index (χ1n) is 6.00. The highest BCUT2D eigenvalue weighted by Crippen LogP contribution is 2.34. The molecule has 4 nitrogen and oxygen atoms in total. The number of hydrogen-bond donors (Lipinski definition) is 2. The summed E-state index contributed by atoms with van der Waals surface area (Å²) in [7, 11) is 1.48. The van der Waals surface area contributed by atoms with Gasteiger partial charge in [-0.1, -0.05) is 12.1 Å². The Labute approximate surface area is 115 Å². The fourth-order valence-electron chi connectivity index (χ4n) is 1.45. The summed E-state index contributed by atoms with van der Waals surface area (Å²) >= 11 is 0. The highest BCUT2D eigenvalue weighted by atomic mass is 19.4. The summed E-state index contributed by atoms with van der Waals surface area (Å²) in [4.78, 5) is 13.3. The molecule has 20 heavy (non-hydrogen) atoms. The largest absolute Gasteiger partial charge is 0.418 e. The molecule has 0 unspecified atom stereocenters. The number of rotatable bonds is 3. The predicted molar refractivity (Wildman–Crippen MR) is 71.4 cm³/mol. The first-order valence-corrected chi connectivity index (χ1v) is 6.00. The van der Waals surface area contributed by atoms with Crippen molar-refractivity contribution in [1.29, 1.82) is 0 Å². The van der Waals surface area contributed by atoms with Crippen LogP contribution in [0, 0.1) is 0 Å². The van der Waals surface area contributed by atoms with Crippen molar-refractivity contribution in [2.45, 2.75) is 25.6 Å². The van der Waals surface area contributed by atoms with E-state index in [2.05, 4.69) is 5.32 Å². The standard InChI is InChI=1S/C13H18F3N3O/c1-12(2,8-17)19(3)11(20)18-10-7-5-4-6-9(10)13(14,15)16/h4-7H,8,17H2,1-3H3,(H,18,20). The van der Waals surface area contributed by atoms with E-state index in [0.717, 1.165) is 6.07 Å². The molecule has 7 heteroatoms. The number of carbonyl (C=O) groups is 1. The molecule has 0 fully saturated rings. The van der Waals surface area contributed by atoms with Crippen LogP contribution in [0.1, 0.15) is 19.4 Å². The van der Waals surface area contributed by atoms with Gasteiger partial charge in [0.1, 0.15) is 0 Å². The van der Waals surface area contributed by atoms with E-state index in [0.29, 0.717) is 0 Å². The zero-order valence-corrected chi connectivity index (χ0v) is 11.6. The average molecular weight is 289 g/mol. The molecule has 0 saturated carbocycles. The first kappa shape index (κ1) is 16.3. The van der Waals surface area contributed by atoms with Gasteiger partial charge in [-0.15, -0.1) is 0 Å². The summed E-state index contributed by atoms with van der Waals surface area (Å²) in [5.74, 6) is 0. The third-order valence-corrected chi connectivity index (χ3v) is 3.19. The number of nitrogens with zero attached hydrogens (tertiary/aromatic N) is 1. The van der Waals surface area contributed by atoms with Gasteiger partial charge in [-0.2, -0.15) is 13.2 Å². The lowest BCUT2D eigenvalue weighted by molar-refractivity contribution is -0.136. The number of hydrogen-bond acceptors (Lipinski definition) is 2. The van der Waals surface area contributed by atoms with Gasteiger partial charge in [-0.3, -0.25) is 0 Å². The summed E-state index contributed by atoms with van der Waals surface area (Å²) in [6.07, 6.45) is -4.52. The van der Waals surface area contributed by atoms with Crippen molar-refractivity contribution in [3.8, 4) is 0 Å². The van der Waals surface area contributed by atoms with Crippen LogP contribution in [0.2, 0.25) is 0 Å². The molecule has 0 bridgehead atoms. The Kier molecular flexibility index (Phi) is 4.65. The second kappa shape index (κ2) is 5.70. The number of likely N-dealkylation sites (N-methyl/N-ethyl adjacent to an activating group) is 1. The van der Waals surface area contributed by atoms with Crippen LogP contribution >= 0.6 is 0 Å². The van der Waals surface area contributed by atoms with Gasteiger partial charge in [0, 0.05) is 13.6 Å². The quantitative estimate of drug-likeness (QED) is 0.899. The topological polar surface area (TPSA) is 58.4 Å².